The number of anilines is 1. The maximum Gasteiger partial charge on any atom is 0.412 e. The molecule has 114 valence electrons. The number of benzene rings is 1. The fraction of sp³-hybridized carbons (Fsp3) is 0.385. The first kappa shape index (κ1) is 16.4. The molecule has 1 rings (SSSR count). The first-order valence-electron chi connectivity index (χ1n) is 6.06. The zero-order valence-corrected chi connectivity index (χ0v) is 12.1. The molecule has 0 bridgehead atoms. The number of nitrogens with zero attached hydrogens (tertiary/aromatic N) is 1. The molecule has 0 aliphatic carbocycles. The molecule has 8 heteroatoms. The summed E-state index contributed by atoms with van der Waals surface area (Å²) in [6.07, 6.45) is -0.771. The Hall–Kier alpha value is -2.64. The van der Waals surface area contributed by atoms with Gasteiger partial charge in [0.2, 0.25) is 0 Å². The molecule has 1 N–H and O–H groups in total. The molecule has 0 aliphatic rings. The van der Waals surface area contributed by atoms with Crippen molar-refractivity contribution in [2.75, 3.05) is 5.32 Å². The van der Waals surface area contributed by atoms with Gasteiger partial charge in [-0.3, -0.25) is 10.1 Å². The van der Waals surface area contributed by atoms with Gasteiger partial charge in [-0.25, -0.2) is 9.63 Å². The molecule has 1 aromatic carbocycles. The fourth-order valence-corrected chi connectivity index (χ4v) is 1.53. The van der Waals surface area contributed by atoms with Gasteiger partial charge >= 0.3 is 17.1 Å². The van der Waals surface area contributed by atoms with Gasteiger partial charge in [0.15, 0.2) is 0 Å². The lowest BCUT2D eigenvalue weighted by molar-refractivity contribution is -0.727. The van der Waals surface area contributed by atoms with Crippen LogP contribution in [0.2, 0.25) is 0 Å². The summed E-state index contributed by atoms with van der Waals surface area (Å²) in [5.41, 5.74) is -0.191. The second kappa shape index (κ2) is 6.21. The van der Waals surface area contributed by atoms with Crippen molar-refractivity contribution in [3.8, 4) is 0 Å². The first-order chi connectivity index (χ1) is 9.60. The molecule has 0 aromatic heterocycles. The number of amides is 1. The standard InChI is InChI=1S/C13H16N2O6/c1-8-6-5-7-9(11(16)21-15(18)19)10(8)14-12(17)20-13(2,3)4/h5-7H,1-4H3,(H,14,17). The van der Waals surface area contributed by atoms with Crippen LogP contribution in [0.4, 0.5) is 10.5 Å². The van der Waals surface area contributed by atoms with E-state index in [-0.39, 0.29) is 11.3 Å². The number of carbonyl (C=O) groups excluding carboxylic acids is 2. The lowest BCUT2D eigenvalue weighted by Crippen LogP contribution is -2.28. The van der Waals surface area contributed by atoms with E-state index in [1.807, 2.05) is 0 Å². The van der Waals surface area contributed by atoms with Crippen LogP contribution in [0.3, 0.4) is 0 Å². The number of aryl methyl sites for hydroxylation is 1. The van der Waals surface area contributed by atoms with Crippen LogP contribution in [0.5, 0.6) is 0 Å². The maximum absolute atomic E-state index is 11.8. The van der Waals surface area contributed by atoms with Crippen molar-refractivity contribution in [3.63, 3.8) is 0 Å². The zero-order chi connectivity index (χ0) is 16.2. The number of para-hydroxylation sites is 1. The van der Waals surface area contributed by atoms with Crippen LogP contribution in [0.1, 0.15) is 36.7 Å². The van der Waals surface area contributed by atoms with Gasteiger partial charge in [0.25, 0.3) is 0 Å². The van der Waals surface area contributed by atoms with Crippen LogP contribution in [0.15, 0.2) is 18.2 Å². The Kier molecular flexibility index (Phi) is 4.85. The van der Waals surface area contributed by atoms with Crippen molar-refractivity contribution < 1.29 is 24.3 Å². The molecule has 1 amide bonds. The molecular formula is C13H16N2O6. The molecule has 0 atom stereocenters. The van der Waals surface area contributed by atoms with Gasteiger partial charge in [0.05, 0.1) is 11.3 Å². The number of ether oxygens (including phenoxy) is 1. The van der Waals surface area contributed by atoms with Crippen LogP contribution in [0.25, 0.3) is 0 Å². The van der Waals surface area contributed by atoms with Crippen molar-refractivity contribution in [2.45, 2.75) is 33.3 Å². The SMILES string of the molecule is Cc1cccc(C(=O)O[N+](=O)[O-])c1NC(=O)OC(C)(C)C. The molecular weight excluding hydrogens is 280 g/mol. The van der Waals surface area contributed by atoms with E-state index in [0.29, 0.717) is 5.56 Å². The zero-order valence-electron chi connectivity index (χ0n) is 12.1. The van der Waals surface area contributed by atoms with Crippen LogP contribution >= 0.6 is 0 Å². The normalized spacial score (nSPS) is 10.7. The molecule has 21 heavy (non-hydrogen) atoms. The van der Waals surface area contributed by atoms with Crippen LogP contribution in [-0.2, 0) is 9.57 Å². The predicted molar refractivity (Wildman–Crippen MR) is 73.4 cm³/mol. The molecule has 0 unspecified atom stereocenters. The van der Waals surface area contributed by atoms with Gasteiger partial charge in [0.1, 0.15) is 5.60 Å². The van der Waals surface area contributed by atoms with Gasteiger partial charge in [-0.1, -0.05) is 12.1 Å². The summed E-state index contributed by atoms with van der Waals surface area (Å²) in [5, 5.41) is 11.4. The highest BCUT2D eigenvalue weighted by atomic mass is 17.0. The van der Waals surface area contributed by atoms with Gasteiger partial charge < -0.3 is 4.74 Å². The van der Waals surface area contributed by atoms with E-state index in [0.717, 1.165) is 0 Å². The minimum atomic E-state index is -1.21. The average molecular weight is 296 g/mol. The number of nitrogens with one attached hydrogen (secondary N) is 1. The number of hydrogen-bond acceptors (Lipinski definition) is 6. The lowest BCUT2D eigenvalue weighted by atomic mass is 10.1. The molecule has 0 saturated carbocycles. The van der Waals surface area contributed by atoms with Gasteiger partial charge in [0, 0.05) is 0 Å². The van der Waals surface area contributed by atoms with Crippen LogP contribution in [-0.4, -0.2) is 22.8 Å². The Bertz CT molecular complexity index is 577. The van der Waals surface area contributed by atoms with Gasteiger partial charge in [-0.2, -0.15) is 0 Å². The highest BCUT2D eigenvalue weighted by Crippen LogP contribution is 2.22. The third-order valence-corrected chi connectivity index (χ3v) is 2.28. The van der Waals surface area contributed by atoms with E-state index in [4.69, 9.17) is 4.74 Å². The molecule has 0 spiro atoms. The van der Waals surface area contributed by atoms with E-state index in [9.17, 15) is 19.7 Å². The molecule has 8 nitrogen and oxygen atoms in total. The first-order valence-corrected chi connectivity index (χ1v) is 6.06. The second-order valence-electron chi connectivity index (χ2n) is 5.23. The summed E-state index contributed by atoms with van der Waals surface area (Å²) in [4.78, 5) is 37.5. The van der Waals surface area contributed by atoms with E-state index in [1.165, 1.54) is 12.1 Å². The van der Waals surface area contributed by atoms with Crippen molar-refractivity contribution >= 4 is 17.7 Å². The van der Waals surface area contributed by atoms with E-state index in [1.54, 1.807) is 33.8 Å². The predicted octanol–water partition coefficient (Wildman–Crippen LogP) is 2.69. The topological polar surface area (TPSA) is 108 Å². The quantitative estimate of drug-likeness (QED) is 0.678. The van der Waals surface area contributed by atoms with Crippen molar-refractivity contribution in [2.24, 2.45) is 0 Å². The fourth-order valence-electron chi connectivity index (χ4n) is 1.53. The molecule has 1 aromatic rings. The minimum absolute atomic E-state index is 0.110. The van der Waals surface area contributed by atoms with E-state index >= 15 is 0 Å². The van der Waals surface area contributed by atoms with Crippen LogP contribution < -0.4 is 5.32 Å². The Labute approximate surface area is 121 Å². The van der Waals surface area contributed by atoms with E-state index < -0.39 is 22.8 Å². The van der Waals surface area contributed by atoms with Crippen LogP contribution in [0, 0.1) is 17.0 Å². The molecule has 0 radical (unpaired) electrons. The van der Waals surface area contributed by atoms with Crippen molar-refractivity contribution in [1.29, 1.82) is 0 Å². The Balaban J connectivity index is 3.03. The number of rotatable bonds is 3. The summed E-state index contributed by atoms with van der Waals surface area (Å²) >= 11 is 0. The minimum Gasteiger partial charge on any atom is -0.444 e. The van der Waals surface area contributed by atoms with E-state index in [2.05, 4.69) is 10.2 Å². The summed E-state index contributed by atoms with van der Waals surface area (Å²) in [5.74, 6) is -1.17. The average Bonchev–Trinajstić information content (AvgIpc) is 2.28. The highest BCUT2D eigenvalue weighted by Gasteiger charge is 2.21. The third-order valence-electron chi connectivity index (χ3n) is 2.28. The summed E-state index contributed by atoms with van der Waals surface area (Å²) in [7, 11) is 0. The van der Waals surface area contributed by atoms with Gasteiger partial charge in [-0.05, 0) is 39.3 Å². The smallest absolute Gasteiger partial charge is 0.412 e. The number of hydrogen-bond donors (Lipinski definition) is 1. The molecule has 0 fully saturated rings. The third kappa shape index (κ3) is 5.09. The molecule has 0 heterocycles. The molecule has 0 saturated heterocycles. The Morgan fingerprint density at radius 3 is 2.43 bits per heavy atom. The Morgan fingerprint density at radius 1 is 1.29 bits per heavy atom. The summed E-state index contributed by atoms with van der Waals surface area (Å²) in [6, 6.07) is 4.47. The monoisotopic (exact) mass is 296 g/mol. The van der Waals surface area contributed by atoms with Crippen molar-refractivity contribution in [1.82, 2.24) is 0 Å². The molecule has 0 aliphatic heterocycles. The Morgan fingerprint density at radius 2 is 1.90 bits per heavy atom. The lowest BCUT2D eigenvalue weighted by Gasteiger charge is -2.20. The largest absolute Gasteiger partial charge is 0.444 e. The number of carbonyl (C=O) groups is 2. The highest BCUT2D eigenvalue weighted by molar-refractivity contribution is 6.00. The summed E-state index contributed by atoms with van der Waals surface area (Å²) < 4.78 is 5.08. The second-order valence-corrected chi connectivity index (χ2v) is 5.23. The maximum atomic E-state index is 11.8. The van der Waals surface area contributed by atoms with Gasteiger partial charge in [-0.15, -0.1) is 10.1 Å². The van der Waals surface area contributed by atoms with Crippen molar-refractivity contribution in [3.05, 3.63) is 39.4 Å². The summed E-state index contributed by atoms with van der Waals surface area (Å²) in [6.45, 7) is 6.70.